The lowest BCUT2D eigenvalue weighted by Gasteiger charge is -2.14. The summed E-state index contributed by atoms with van der Waals surface area (Å²) in [4.78, 5) is 12.0. The summed E-state index contributed by atoms with van der Waals surface area (Å²) in [7, 11) is 1.70. The van der Waals surface area contributed by atoms with Crippen LogP contribution in [0.3, 0.4) is 0 Å². The van der Waals surface area contributed by atoms with Crippen LogP contribution in [0.5, 0.6) is 0 Å². The van der Waals surface area contributed by atoms with E-state index in [0.717, 1.165) is 24.5 Å². The van der Waals surface area contributed by atoms with Crippen molar-refractivity contribution in [3.63, 3.8) is 0 Å². The maximum Gasteiger partial charge on any atom is 0.295 e. The Kier molecular flexibility index (Phi) is 6.54. The van der Waals surface area contributed by atoms with Crippen LogP contribution >= 0.6 is 11.8 Å². The van der Waals surface area contributed by atoms with Crippen molar-refractivity contribution in [1.82, 2.24) is 10.6 Å². The van der Waals surface area contributed by atoms with E-state index in [4.69, 9.17) is 4.74 Å². The summed E-state index contributed by atoms with van der Waals surface area (Å²) in [6, 6.07) is 9.68. The summed E-state index contributed by atoms with van der Waals surface area (Å²) >= 11 is 1.45. The van der Waals surface area contributed by atoms with Crippen molar-refractivity contribution < 1.29 is 9.66 Å². The van der Waals surface area contributed by atoms with Gasteiger partial charge in [0.05, 0.1) is 17.3 Å². The van der Waals surface area contributed by atoms with Gasteiger partial charge in [0.15, 0.2) is 5.82 Å². The molecule has 1 aromatic rings. The largest absolute Gasteiger partial charge is 0.381 e. The third-order valence-corrected chi connectivity index (χ3v) is 4.49. The first-order valence-corrected chi connectivity index (χ1v) is 8.24. The molecule has 120 valence electrons. The van der Waals surface area contributed by atoms with Gasteiger partial charge in [0, 0.05) is 31.0 Å². The second-order valence-corrected chi connectivity index (χ2v) is 6.09. The molecule has 1 saturated heterocycles. The Morgan fingerprint density at radius 2 is 2.23 bits per heavy atom. The van der Waals surface area contributed by atoms with E-state index in [-0.39, 0.29) is 10.6 Å². The van der Waals surface area contributed by atoms with Gasteiger partial charge >= 0.3 is 0 Å². The second kappa shape index (κ2) is 8.65. The first-order chi connectivity index (χ1) is 10.7. The fraction of sp³-hybridized carbons (Fsp3) is 0.467. The number of nitro groups is 1. The molecule has 1 atom stereocenters. The maximum absolute atomic E-state index is 11.3. The monoisotopic (exact) mass is 323 g/mol. The second-order valence-electron chi connectivity index (χ2n) is 5.04. The van der Waals surface area contributed by atoms with Crippen LogP contribution in [0.2, 0.25) is 0 Å². The summed E-state index contributed by atoms with van der Waals surface area (Å²) in [5.41, 5.74) is 0.162. The van der Waals surface area contributed by atoms with Crippen molar-refractivity contribution in [1.29, 1.82) is 0 Å². The molecule has 7 heteroatoms. The van der Waals surface area contributed by atoms with Crippen molar-refractivity contribution in [2.75, 3.05) is 32.6 Å². The molecule has 1 aliphatic heterocycles. The lowest BCUT2D eigenvalue weighted by Crippen LogP contribution is -2.32. The van der Waals surface area contributed by atoms with Crippen LogP contribution in [0.1, 0.15) is 6.42 Å². The van der Waals surface area contributed by atoms with Crippen molar-refractivity contribution in [3.05, 3.63) is 52.0 Å². The molecular weight excluding hydrogens is 302 g/mol. The molecule has 0 spiro atoms. The standard InChI is InChI=1S/C15H21N3O3S/c1-16-15(17-9-12-7-8-21-10-12)14(18(19)20)11-22-13-5-3-2-4-6-13/h2-6,12,16-17H,7-11H2,1H3. The van der Waals surface area contributed by atoms with Gasteiger partial charge in [0.2, 0.25) is 0 Å². The minimum atomic E-state index is -0.320. The molecule has 22 heavy (non-hydrogen) atoms. The van der Waals surface area contributed by atoms with Crippen LogP contribution < -0.4 is 10.6 Å². The van der Waals surface area contributed by atoms with E-state index in [0.29, 0.717) is 24.0 Å². The summed E-state index contributed by atoms with van der Waals surface area (Å²) in [5.74, 6) is 1.21. The zero-order valence-corrected chi connectivity index (χ0v) is 13.4. The molecule has 0 bridgehead atoms. The zero-order chi connectivity index (χ0) is 15.8. The van der Waals surface area contributed by atoms with Crippen molar-refractivity contribution in [3.8, 4) is 0 Å². The molecule has 0 aromatic heterocycles. The van der Waals surface area contributed by atoms with Gasteiger partial charge in [-0.25, -0.2) is 0 Å². The Morgan fingerprint density at radius 1 is 1.45 bits per heavy atom. The van der Waals surface area contributed by atoms with Crippen LogP contribution in [0, 0.1) is 16.0 Å². The first-order valence-electron chi connectivity index (χ1n) is 7.25. The molecule has 6 nitrogen and oxygen atoms in total. The first kappa shape index (κ1) is 16.6. The predicted molar refractivity (Wildman–Crippen MR) is 87.2 cm³/mol. The average Bonchev–Trinajstić information content (AvgIpc) is 3.04. The van der Waals surface area contributed by atoms with Crippen LogP contribution in [0.25, 0.3) is 0 Å². The number of rotatable bonds is 8. The number of ether oxygens (including phenoxy) is 1. The highest BCUT2D eigenvalue weighted by atomic mass is 32.2. The molecule has 1 fully saturated rings. The fourth-order valence-corrected chi connectivity index (χ4v) is 3.11. The molecule has 2 N–H and O–H groups in total. The number of nitrogens with zero attached hydrogens (tertiary/aromatic N) is 1. The Balaban J connectivity index is 1.99. The van der Waals surface area contributed by atoms with Crippen LogP contribution in [-0.2, 0) is 4.74 Å². The highest BCUT2D eigenvalue weighted by molar-refractivity contribution is 7.99. The average molecular weight is 323 g/mol. The summed E-state index contributed by atoms with van der Waals surface area (Å²) in [5, 5.41) is 17.4. The van der Waals surface area contributed by atoms with E-state index in [1.165, 1.54) is 11.8 Å². The number of benzene rings is 1. The Morgan fingerprint density at radius 3 is 2.82 bits per heavy atom. The topological polar surface area (TPSA) is 76.4 Å². The molecule has 0 amide bonds. The number of hydrogen-bond donors (Lipinski definition) is 2. The third-order valence-electron chi connectivity index (χ3n) is 3.47. The fourth-order valence-electron chi connectivity index (χ4n) is 2.21. The minimum absolute atomic E-state index is 0.162. The number of hydrogen-bond acceptors (Lipinski definition) is 6. The van der Waals surface area contributed by atoms with Gasteiger partial charge in [-0.3, -0.25) is 10.1 Å². The number of thioether (sulfide) groups is 1. The molecule has 1 aromatic carbocycles. The summed E-state index contributed by atoms with van der Waals surface area (Å²) < 4.78 is 5.32. The molecule has 2 rings (SSSR count). The maximum atomic E-state index is 11.3. The van der Waals surface area contributed by atoms with Gasteiger partial charge in [-0.1, -0.05) is 18.2 Å². The molecular formula is C15H21N3O3S. The lowest BCUT2D eigenvalue weighted by molar-refractivity contribution is -0.425. The van der Waals surface area contributed by atoms with Gasteiger partial charge < -0.3 is 15.4 Å². The van der Waals surface area contributed by atoms with Crippen LogP contribution in [-0.4, -0.2) is 37.5 Å². The molecule has 1 unspecified atom stereocenters. The van der Waals surface area contributed by atoms with Gasteiger partial charge in [-0.15, -0.1) is 11.8 Å². The molecule has 1 heterocycles. The van der Waals surface area contributed by atoms with E-state index >= 15 is 0 Å². The highest BCUT2D eigenvalue weighted by Gasteiger charge is 2.21. The molecule has 0 aliphatic carbocycles. The smallest absolute Gasteiger partial charge is 0.295 e. The van der Waals surface area contributed by atoms with Gasteiger partial charge in [0.1, 0.15) is 0 Å². The van der Waals surface area contributed by atoms with E-state index < -0.39 is 0 Å². The van der Waals surface area contributed by atoms with Crippen molar-refractivity contribution >= 4 is 11.8 Å². The van der Waals surface area contributed by atoms with Gasteiger partial charge in [0.25, 0.3) is 5.70 Å². The Labute approximate surface area is 134 Å². The normalized spacial score (nSPS) is 18.7. The summed E-state index contributed by atoms with van der Waals surface area (Å²) in [6.45, 7) is 2.18. The van der Waals surface area contributed by atoms with E-state index in [1.54, 1.807) is 7.05 Å². The van der Waals surface area contributed by atoms with Crippen molar-refractivity contribution in [2.24, 2.45) is 5.92 Å². The van der Waals surface area contributed by atoms with Crippen molar-refractivity contribution in [2.45, 2.75) is 11.3 Å². The van der Waals surface area contributed by atoms with E-state index in [9.17, 15) is 10.1 Å². The SMILES string of the molecule is CNC(NCC1CCOC1)=C(CSc1ccccc1)[N+](=O)[O-]. The lowest BCUT2D eigenvalue weighted by atomic mass is 10.1. The Hall–Kier alpha value is -1.73. The van der Waals surface area contributed by atoms with Crippen LogP contribution in [0.4, 0.5) is 0 Å². The number of nitrogens with one attached hydrogen (secondary N) is 2. The quantitative estimate of drug-likeness (QED) is 0.433. The molecule has 0 radical (unpaired) electrons. The third kappa shape index (κ3) is 4.92. The van der Waals surface area contributed by atoms with Crippen LogP contribution in [0.15, 0.2) is 46.7 Å². The van der Waals surface area contributed by atoms with Gasteiger partial charge in [-0.05, 0) is 18.6 Å². The molecule has 0 saturated carbocycles. The van der Waals surface area contributed by atoms with Gasteiger partial charge in [-0.2, -0.15) is 0 Å². The Bertz CT molecular complexity index is 516. The van der Waals surface area contributed by atoms with E-state index in [2.05, 4.69) is 10.6 Å². The van der Waals surface area contributed by atoms with E-state index in [1.807, 2.05) is 30.3 Å². The molecule has 1 aliphatic rings. The minimum Gasteiger partial charge on any atom is -0.381 e. The highest BCUT2D eigenvalue weighted by Crippen LogP contribution is 2.21. The predicted octanol–water partition coefficient (Wildman–Crippen LogP) is 2.07. The zero-order valence-electron chi connectivity index (χ0n) is 12.6. The summed E-state index contributed by atoms with van der Waals surface area (Å²) in [6.07, 6.45) is 0.997.